The molecule has 1 amide bonds. The highest BCUT2D eigenvalue weighted by atomic mass is 32.1. The Balaban J connectivity index is 1.67. The first-order valence-electron chi connectivity index (χ1n) is 8.21. The van der Waals surface area contributed by atoms with Gasteiger partial charge in [0.1, 0.15) is 5.75 Å². The number of anilines is 1. The van der Waals surface area contributed by atoms with Crippen molar-refractivity contribution in [3.05, 3.63) is 65.5 Å². The van der Waals surface area contributed by atoms with Gasteiger partial charge in [0.2, 0.25) is 0 Å². The predicted molar refractivity (Wildman–Crippen MR) is 102 cm³/mol. The third-order valence-electron chi connectivity index (χ3n) is 3.77. The topological polar surface area (TPSA) is 51.2 Å². The molecule has 0 aliphatic heterocycles. The fraction of sp³-hybridized carbons (Fsp3) is 0.200. The van der Waals surface area contributed by atoms with Gasteiger partial charge in [-0.25, -0.2) is 4.98 Å². The van der Waals surface area contributed by atoms with Gasteiger partial charge in [-0.1, -0.05) is 55.0 Å². The number of benzene rings is 2. The van der Waals surface area contributed by atoms with Gasteiger partial charge < -0.3 is 4.74 Å². The van der Waals surface area contributed by atoms with Gasteiger partial charge in [-0.05, 0) is 25.5 Å². The Morgan fingerprint density at radius 3 is 2.56 bits per heavy atom. The maximum Gasteiger partial charge on any atom is 0.267 e. The third kappa shape index (κ3) is 4.45. The van der Waals surface area contributed by atoms with Crippen molar-refractivity contribution in [2.24, 2.45) is 0 Å². The molecule has 0 fully saturated rings. The smallest absolute Gasteiger partial charge is 0.267 e. The van der Waals surface area contributed by atoms with Crippen LogP contribution in [0, 0.1) is 6.92 Å². The third-order valence-corrected chi connectivity index (χ3v) is 4.52. The average Bonchev–Trinajstić information content (AvgIpc) is 3.09. The molecule has 3 aromatic rings. The molecule has 0 saturated carbocycles. The fourth-order valence-corrected chi connectivity index (χ4v) is 3.08. The van der Waals surface area contributed by atoms with E-state index in [1.54, 1.807) is 0 Å². The van der Waals surface area contributed by atoms with E-state index < -0.39 is 6.10 Å². The maximum atomic E-state index is 12.5. The van der Waals surface area contributed by atoms with Crippen LogP contribution in [0.2, 0.25) is 0 Å². The van der Waals surface area contributed by atoms with Crippen molar-refractivity contribution in [2.45, 2.75) is 26.4 Å². The molecule has 5 heteroatoms. The summed E-state index contributed by atoms with van der Waals surface area (Å²) in [7, 11) is 0. The van der Waals surface area contributed by atoms with Gasteiger partial charge in [0, 0.05) is 10.9 Å². The first kappa shape index (κ1) is 17.2. The second-order valence-corrected chi connectivity index (χ2v) is 6.58. The maximum absolute atomic E-state index is 12.5. The molecule has 25 heavy (non-hydrogen) atoms. The van der Waals surface area contributed by atoms with Crippen molar-refractivity contribution in [3.63, 3.8) is 0 Å². The molecule has 1 aromatic heterocycles. The summed E-state index contributed by atoms with van der Waals surface area (Å²) in [6.07, 6.45) is 0.0332. The lowest BCUT2D eigenvalue weighted by atomic mass is 10.1. The van der Waals surface area contributed by atoms with Crippen molar-refractivity contribution >= 4 is 22.4 Å². The highest BCUT2D eigenvalue weighted by Crippen LogP contribution is 2.25. The minimum atomic E-state index is -0.547. The average molecular weight is 352 g/mol. The lowest BCUT2D eigenvalue weighted by molar-refractivity contribution is -0.122. The first-order valence-corrected chi connectivity index (χ1v) is 9.09. The summed E-state index contributed by atoms with van der Waals surface area (Å²) < 4.78 is 5.77. The molecule has 1 N–H and O–H groups in total. The Bertz CT molecular complexity index is 828. The van der Waals surface area contributed by atoms with E-state index in [0.717, 1.165) is 11.3 Å². The second kappa shape index (κ2) is 7.94. The largest absolute Gasteiger partial charge is 0.481 e. The van der Waals surface area contributed by atoms with Crippen LogP contribution in [-0.2, 0) is 4.79 Å². The molecule has 3 rings (SSSR count). The predicted octanol–water partition coefficient (Wildman–Crippen LogP) is 4.91. The van der Waals surface area contributed by atoms with Gasteiger partial charge >= 0.3 is 0 Å². The molecule has 2 aromatic carbocycles. The van der Waals surface area contributed by atoms with Crippen molar-refractivity contribution in [2.75, 3.05) is 5.32 Å². The molecular formula is C20H20N2O2S. The van der Waals surface area contributed by atoms with Crippen molar-refractivity contribution in [1.82, 2.24) is 4.98 Å². The molecular weight excluding hydrogens is 332 g/mol. The summed E-state index contributed by atoms with van der Waals surface area (Å²) in [4.78, 5) is 17.0. The number of para-hydroxylation sites is 1. The molecule has 0 aliphatic carbocycles. The van der Waals surface area contributed by atoms with Crippen LogP contribution in [0.15, 0.2) is 60.0 Å². The zero-order chi connectivity index (χ0) is 17.6. The number of aryl methyl sites for hydroxylation is 1. The van der Waals surface area contributed by atoms with Gasteiger partial charge in [-0.3, -0.25) is 10.1 Å². The van der Waals surface area contributed by atoms with E-state index in [2.05, 4.69) is 10.3 Å². The zero-order valence-electron chi connectivity index (χ0n) is 14.2. The number of carbonyl (C=O) groups excluding carboxylic acids is 1. The van der Waals surface area contributed by atoms with Gasteiger partial charge in [-0.15, -0.1) is 11.3 Å². The van der Waals surface area contributed by atoms with Gasteiger partial charge in [0.15, 0.2) is 11.2 Å². The number of thiazole rings is 1. The minimum Gasteiger partial charge on any atom is -0.481 e. The van der Waals surface area contributed by atoms with Gasteiger partial charge in [0.25, 0.3) is 5.91 Å². The molecule has 1 unspecified atom stereocenters. The molecule has 0 spiro atoms. The number of aromatic nitrogens is 1. The summed E-state index contributed by atoms with van der Waals surface area (Å²) in [5, 5.41) is 5.38. The van der Waals surface area contributed by atoms with Crippen molar-refractivity contribution in [3.8, 4) is 17.0 Å². The number of nitrogens with one attached hydrogen (secondary N) is 1. The molecule has 0 radical (unpaired) electrons. The first-order chi connectivity index (χ1) is 12.2. The lowest BCUT2D eigenvalue weighted by Gasteiger charge is -2.16. The number of amides is 1. The van der Waals surface area contributed by atoms with E-state index in [1.807, 2.05) is 73.8 Å². The van der Waals surface area contributed by atoms with Crippen molar-refractivity contribution < 1.29 is 9.53 Å². The van der Waals surface area contributed by atoms with Crippen LogP contribution in [0.5, 0.6) is 5.75 Å². The van der Waals surface area contributed by atoms with Gasteiger partial charge in [-0.2, -0.15) is 0 Å². The summed E-state index contributed by atoms with van der Waals surface area (Å²) in [6.45, 7) is 3.97. The van der Waals surface area contributed by atoms with E-state index in [-0.39, 0.29) is 5.91 Å². The fourth-order valence-electron chi connectivity index (χ4n) is 2.36. The normalized spacial score (nSPS) is 11.8. The number of hydrogen-bond donors (Lipinski definition) is 1. The van der Waals surface area contributed by atoms with Crippen LogP contribution in [0.4, 0.5) is 5.13 Å². The quantitative estimate of drug-likeness (QED) is 0.685. The highest BCUT2D eigenvalue weighted by Gasteiger charge is 2.19. The van der Waals surface area contributed by atoms with Crippen molar-refractivity contribution in [1.29, 1.82) is 0 Å². The number of ether oxygens (including phenoxy) is 1. The van der Waals surface area contributed by atoms with Crippen LogP contribution in [0.1, 0.15) is 18.9 Å². The van der Waals surface area contributed by atoms with Crippen LogP contribution < -0.4 is 10.1 Å². The Morgan fingerprint density at radius 2 is 1.88 bits per heavy atom. The van der Waals surface area contributed by atoms with Crippen LogP contribution >= 0.6 is 11.3 Å². The standard InChI is InChI=1S/C20H20N2O2S/c1-3-18(24-16-7-5-4-6-8-16)19(23)22-20-21-17(13-25-20)15-11-9-14(2)10-12-15/h4-13,18H,3H2,1-2H3,(H,21,22,23). The van der Waals surface area contributed by atoms with Gasteiger partial charge in [0.05, 0.1) is 5.69 Å². The minimum absolute atomic E-state index is 0.184. The molecule has 0 saturated heterocycles. The Hall–Kier alpha value is -2.66. The molecule has 128 valence electrons. The summed E-state index contributed by atoms with van der Waals surface area (Å²) in [6, 6.07) is 17.5. The number of carbonyl (C=O) groups is 1. The van der Waals surface area contributed by atoms with E-state index in [9.17, 15) is 4.79 Å². The van der Waals surface area contributed by atoms with E-state index in [1.165, 1.54) is 16.9 Å². The molecule has 1 atom stereocenters. The lowest BCUT2D eigenvalue weighted by Crippen LogP contribution is -2.32. The highest BCUT2D eigenvalue weighted by molar-refractivity contribution is 7.14. The molecule has 0 aliphatic rings. The zero-order valence-corrected chi connectivity index (χ0v) is 15.0. The van der Waals surface area contributed by atoms with Crippen LogP contribution in [0.3, 0.4) is 0 Å². The van der Waals surface area contributed by atoms with E-state index >= 15 is 0 Å². The van der Waals surface area contributed by atoms with E-state index in [4.69, 9.17) is 4.74 Å². The number of hydrogen-bond acceptors (Lipinski definition) is 4. The SMILES string of the molecule is CCC(Oc1ccccc1)C(=O)Nc1nc(-c2ccc(C)cc2)cs1. The van der Waals surface area contributed by atoms with Crippen LogP contribution in [-0.4, -0.2) is 17.0 Å². The number of nitrogens with zero attached hydrogens (tertiary/aromatic N) is 1. The molecule has 1 heterocycles. The summed E-state index contributed by atoms with van der Waals surface area (Å²) >= 11 is 1.41. The second-order valence-electron chi connectivity index (χ2n) is 5.72. The molecule has 0 bridgehead atoms. The summed E-state index contributed by atoms with van der Waals surface area (Å²) in [5.74, 6) is 0.500. The van der Waals surface area contributed by atoms with Crippen LogP contribution in [0.25, 0.3) is 11.3 Å². The van der Waals surface area contributed by atoms with E-state index in [0.29, 0.717) is 17.3 Å². The Labute approximate surface area is 151 Å². The summed E-state index contributed by atoms with van der Waals surface area (Å²) in [5.41, 5.74) is 3.10. The molecule has 4 nitrogen and oxygen atoms in total. The number of rotatable bonds is 6. The monoisotopic (exact) mass is 352 g/mol. The Morgan fingerprint density at radius 1 is 1.16 bits per heavy atom. The Kier molecular flexibility index (Phi) is 5.46.